The first kappa shape index (κ1) is 26.1. The van der Waals surface area contributed by atoms with Gasteiger partial charge in [0.2, 0.25) is 5.91 Å². The molecular weight excluding hydrogens is 414 g/mol. The van der Waals surface area contributed by atoms with Crippen molar-refractivity contribution in [3.8, 4) is 0 Å². The maximum atomic E-state index is 13.2. The van der Waals surface area contributed by atoms with Gasteiger partial charge in [0.05, 0.1) is 18.3 Å². The molecular formula is C23H39N3O6. The number of amides is 2. The van der Waals surface area contributed by atoms with Crippen molar-refractivity contribution in [3.63, 3.8) is 0 Å². The van der Waals surface area contributed by atoms with Crippen molar-refractivity contribution < 1.29 is 28.7 Å². The Labute approximate surface area is 191 Å². The molecule has 9 heteroatoms. The molecule has 1 atom stereocenters. The summed E-state index contributed by atoms with van der Waals surface area (Å²) in [6.45, 7) is 12.0. The highest BCUT2D eigenvalue weighted by molar-refractivity contribution is 5.87. The van der Waals surface area contributed by atoms with Crippen LogP contribution in [-0.4, -0.2) is 77.1 Å². The molecule has 1 N–H and O–H groups in total. The van der Waals surface area contributed by atoms with E-state index >= 15 is 0 Å². The van der Waals surface area contributed by atoms with E-state index < -0.39 is 17.2 Å². The molecule has 2 rings (SSSR count). The van der Waals surface area contributed by atoms with E-state index in [1.807, 2.05) is 4.90 Å². The highest BCUT2D eigenvalue weighted by Gasteiger charge is 2.52. The molecule has 0 aromatic carbocycles. The molecule has 2 heterocycles. The number of likely N-dealkylation sites (tertiary alicyclic amines) is 1. The zero-order valence-electron chi connectivity index (χ0n) is 20.4. The fourth-order valence-corrected chi connectivity index (χ4v) is 4.68. The van der Waals surface area contributed by atoms with Gasteiger partial charge in [-0.1, -0.05) is 13.8 Å². The molecule has 0 aliphatic carbocycles. The summed E-state index contributed by atoms with van der Waals surface area (Å²) in [6, 6.07) is -0.233. The quantitative estimate of drug-likeness (QED) is 0.419. The number of hydrogen-bond donors (Lipinski definition) is 1. The number of piperidine rings is 1. The largest absolute Gasteiger partial charge is 0.466 e. The van der Waals surface area contributed by atoms with Crippen LogP contribution in [0, 0.1) is 5.92 Å². The van der Waals surface area contributed by atoms with Crippen LogP contribution in [0.5, 0.6) is 0 Å². The second kappa shape index (κ2) is 10.6. The molecule has 0 saturated carbocycles. The van der Waals surface area contributed by atoms with Gasteiger partial charge in [0.15, 0.2) is 5.60 Å². The smallest absolute Gasteiger partial charge is 0.303 e. The van der Waals surface area contributed by atoms with Crippen LogP contribution >= 0.6 is 0 Å². The monoisotopic (exact) mass is 453 g/mol. The fraction of sp³-hybridized carbons (Fsp3) is 0.826. The molecule has 2 amide bonds. The van der Waals surface area contributed by atoms with Gasteiger partial charge in [-0.3, -0.25) is 24.5 Å². The zero-order chi connectivity index (χ0) is 24.1. The summed E-state index contributed by atoms with van der Waals surface area (Å²) in [7, 11) is 0. The van der Waals surface area contributed by atoms with Crippen molar-refractivity contribution in [2.45, 2.75) is 91.0 Å². The van der Waals surface area contributed by atoms with E-state index in [1.165, 1.54) is 13.8 Å². The summed E-state index contributed by atoms with van der Waals surface area (Å²) < 4.78 is 10.2. The number of carbonyl (C=O) groups is 4. The Kier molecular flexibility index (Phi) is 8.67. The Bertz CT molecular complexity index is 713. The number of rotatable bonds is 9. The van der Waals surface area contributed by atoms with E-state index in [0.717, 1.165) is 12.8 Å². The van der Waals surface area contributed by atoms with Crippen molar-refractivity contribution in [1.29, 1.82) is 0 Å². The maximum Gasteiger partial charge on any atom is 0.303 e. The van der Waals surface area contributed by atoms with Crippen LogP contribution in [-0.2, 0) is 28.7 Å². The van der Waals surface area contributed by atoms with Gasteiger partial charge in [0.25, 0.3) is 5.91 Å². The molecule has 9 nitrogen and oxygen atoms in total. The Morgan fingerprint density at radius 1 is 1.12 bits per heavy atom. The summed E-state index contributed by atoms with van der Waals surface area (Å²) in [6.07, 6.45) is 3.40. The Balaban J connectivity index is 2.06. The highest BCUT2D eigenvalue weighted by Crippen LogP contribution is 2.35. The lowest BCUT2D eigenvalue weighted by Crippen LogP contribution is -2.61. The maximum absolute atomic E-state index is 13.2. The standard InChI is InChI=1S/C23H39N3O6/c1-16(2)15-19-20(29)26(11-7-8-14-31-17(3)27)23(24-19)9-12-25(13-10-23)21(30)22(5,6)32-18(4)28/h16,19,24H,7-15H2,1-6H3. The van der Waals surface area contributed by atoms with Crippen molar-refractivity contribution in [1.82, 2.24) is 15.1 Å². The highest BCUT2D eigenvalue weighted by atomic mass is 16.6. The van der Waals surface area contributed by atoms with Gasteiger partial charge >= 0.3 is 11.9 Å². The molecule has 1 unspecified atom stereocenters. The number of esters is 2. The van der Waals surface area contributed by atoms with Gasteiger partial charge in [-0.25, -0.2) is 0 Å². The number of nitrogens with one attached hydrogen (secondary N) is 1. The van der Waals surface area contributed by atoms with Crippen LogP contribution in [0.3, 0.4) is 0 Å². The van der Waals surface area contributed by atoms with E-state index in [9.17, 15) is 19.2 Å². The predicted molar refractivity (Wildman–Crippen MR) is 118 cm³/mol. The molecule has 182 valence electrons. The van der Waals surface area contributed by atoms with Crippen LogP contribution in [0.1, 0.15) is 73.6 Å². The third kappa shape index (κ3) is 6.43. The summed E-state index contributed by atoms with van der Waals surface area (Å²) in [5, 5.41) is 3.59. The van der Waals surface area contributed by atoms with Crippen molar-refractivity contribution in [3.05, 3.63) is 0 Å². The molecule has 0 aromatic rings. The first-order valence-corrected chi connectivity index (χ1v) is 11.6. The molecule has 0 aromatic heterocycles. The number of ether oxygens (including phenoxy) is 2. The number of unbranched alkanes of at least 4 members (excludes halogenated alkanes) is 1. The van der Waals surface area contributed by atoms with Crippen LogP contribution < -0.4 is 5.32 Å². The minimum atomic E-state index is -1.22. The predicted octanol–water partition coefficient (Wildman–Crippen LogP) is 1.84. The van der Waals surface area contributed by atoms with E-state index in [0.29, 0.717) is 51.4 Å². The van der Waals surface area contributed by atoms with Gasteiger partial charge in [0, 0.05) is 46.3 Å². The van der Waals surface area contributed by atoms with E-state index in [2.05, 4.69) is 19.2 Å². The van der Waals surface area contributed by atoms with Crippen molar-refractivity contribution in [2.24, 2.45) is 5.92 Å². The van der Waals surface area contributed by atoms with Gasteiger partial charge in [0.1, 0.15) is 0 Å². The van der Waals surface area contributed by atoms with Crippen LogP contribution in [0.25, 0.3) is 0 Å². The lowest BCUT2D eigenvalue weighted by Gasteiger charge is -2.46. The van der Waals surface area contributed by atoms with E-state index in [-0.39, 0.29) is 23.8 Å². The lowest BCUT2D eigenvalue weighted by atomic mass is 9.94. The first-order valence-electron chi connectivity index (χ1n) is 11.6. The molecule has 2 aliphatic rings. The third-order valence-electron chi connectivity index (χ3n) is 6.10. The van der Waals surface area contributed by atoms with Crippen molar-refractivity contribution in [2.75, 3.05) is 26.2 Å². The molecule has 1 spiro atoms. The molecule has 0 radical (unpaired) electrons. The summed E-state index contributed by atoms with van der Waals surface area (Å²) in [5.41, 5.74) is -1.70. The molecule has 0 bridgehead atoms. The van der Waals surface area contributed by atoms with Crippen LogP contribution in [0.15, 0.2) is 0 Å². The summed E-state index contributed by atoms with van der Waals surface area (Å²) in [5.74, 6) is -0.532. The lowest BCUT2D eigenvalue weighted by molar-refractivity contribution is -0.170. The number of hydrogen-bond acceptors (Lipinski definition) is 7. The van der Waals surface area contributed by atoms with Gasteiger partial charge in [-0.2, -0.15) is 0 Å². The fourth-order valence-electron chi connectivity index (χ4n) is 4.68. The minimum Gasteiger partial charge on any atom is -0.466 e. The average molecular weight is 454 g/mol. The number of nitrogens with zero attached hydrogens (tertiary/aromatic N) is 2. The molecule has 32 heavy (non-hydrogen) atoms. The van der Waals surface area contributed by atoms with Crippen LogP contribution in [0.4, 0.5) is 0 Å². The number of carbonyl (C=O) groups excluding carboxylic acids is 4. The Morgan fingerprint density at radius 3 is 2.28 bits per heavy atom. The van der Waals surface area contributed by atoms with Crippen molar-refractivity contribution >= 4 is 23.8 Å². The summed E-state index contributed by atoms with van der Waals surface area (Å²) >= 11 is 0. The first-order chi connectivity index (χ1) is 14.9. The Hall–Kier alpha value is -2.16. The van der Waals surface area contributed by atoms with Gasteiger partial charge < -0.3 is 19.3 Å². The normalized spacial score (nSPS) is 20.7. The SMILES string of the molecule is CC(=O)OCCCCN1C(=O)C(CC(C)C)NC12CCN(C(=O)C(C)(C)OC(C)=O)CC2. The van der Waals surface area contributed by atoms with Crippen LogP contribution in [0.2, 0.25) is 0 Å². The molecule has 2 fully saturated rings. The van der Waals surface area contributed by atoms with E-state index in [1.54, 1.807) is 18.7 Å². The van der Waals surface area contributed by atoms with E-state index in [4.69, 9.17) is 9.47 Å². The minimum absolute atomic E-state index is 0.103. The molecule has 2 saturated heterocycles. The second-order valence-corrected chi connectivity index (χ2v) is 9.79. The average Bonchev–Trinajstić information content (AvgIpc) is 2.91. The second-order valence-electron chi connectivity index (χ2n) is 9.79. The zero-order valence-corrected chi connectivity index (χ0v) is 20.4. The topological polar surface area (TPSA) is 105 Å². The van der Waals surface area contributed by atoms with Gasteiger partial charge in [-0.05, 0) is 39.0 Å². The Morgan fingerprint density at radius 2 is 1.75 bits per heavy atom. The van der Waals surface area contributed by atoms with Gasteiger partial charge in [-0.15, -0.1) is 0 Å². The molecule has 2 aliphatic heterocycles. The third-order valence-corrected chi connectivity index (χ3v) is 6.10. The summed E-state index contributed by atoms with van der Waals surface area (Å²) in [4.78, 5) is 52.1.